The van der Waals surface area contributed by atoms with Crippen LogP contribution in [0.2, 0.25) is 0 Å². The van der Waals surface area contributed by atoms with E-state index in [1.807, 2.05) is 4.90 Å². The van der Waals surface area contributed by atoms with Crippen molar-refractivity contribution in [3.8, 4) is 0 Å². The molecule has 2 fully saturated rings. The number of piperidine rings is 2. The van der Waals surface area contributed by atoms with Gasteiger partial charge in [-0.25, -0.2) is 8.78 Å². The Balaban J connectivity index is 1.55. The minimum Gasteiger partial charge on any atom is -0.352 e. The van der Waals surface area contributed by atoms with Gasteiger partial charge in [0, 0.05) is 30.6 Å². The topological polar surface area (TPSA) is 44.4 Å². The van der Waals surface area contributed by atoms with Crippen LogP contribution >= 0.6 is 0 Å². The molecule has 6 heteroatoms. The summed E-state index contributed by atoms with van der Waals surface area (Å²) in [6, 6.07) is 4.03. The predicted octanol–water partition coefficient (Wildman–Crippen LogP) is 2.04. The summed E-state index contributed by atoms with van der Waals surface area (Å²) in [7, 11) is 0. The number of halogens is 2. The Morgan fingerprint density at radius 2 is 1.92 bits per heavy atom. The Morgan fingerprint density at radius 1 is 1.21 bits per heavy atom. The van der Waals surface area contributed by atoms with Crippen molar-refractivity contribution in [1.29, 1.82) is 0 Å². The Morgan fingerprint density at radius 3 is 2.62 bits per heavy atom. The Bertz CT molecular complexity index is 555. The van der Waals surface area contributed by atoms with Crippen molar-refractivity contribution >= 4 is 5.91 Å². The van der Waals surface area contributed by atoms with Gasteiger partial charge in [-0.15, -0.1) is 0 Å². The maximum atomic E-state index is 13.8. The molecule has 0 bridgehead atoms. The number of likely N-dealkylation sites (tertiary alicyclic amines) is 1. The second-order valence-corrected chi connectivity index (χ2v) is 6.81. The first kappa shape index (κ1) is 17.3. The molecule has 2 N–H and O–H groups in total. The molecular weight excluding hydrogens is 312 g/mol. The number of benzene rings is 1. The van der Waals surface area contributed by atoms with Crippen LogP contribution in [-0.4, -0.2) is 43.0 Å². The third-order valence-electron chi connectivity index (χ3n) is 5.01. The van der Waals surface area contributed by atoms with Crippen LogP contribution in [0, 0.1) is 17.6 Å². The molecule has 1 aromatic carbocycles. The Labute approximate surface area is 141 Å². The molecule has 0 aromatic heterocycles. The first-order chi connectivity index (χ1) is 11.6. The van der Waals surface area contributed by atoms with Crippen molar-refractivity contribution < 1.29 is 13.6 Å². The largest absolute Gasteiger partial charge is 0.352 e. The number of amides is 1. The number of hydrogen-bond acceptors (Lipinski definition) is 3. The molecule has 2 heterocycles. The van der Waals surface area contributed by atoms with Crippen molar-refractivity contribution in [2.45, 2.75) is 38.3 Å². The molecule has 1 atom stereocenters. The molecule has 132 valence electrons. The van der Waals surface area contributed by atoms with Gasteiger partial charge in [-0.2, -0.15) is 0 Å². The Kier molecular flexibility index (Phi) is 5.79. The molecule has 1 aromatic rings. The fourth-order valence-corrected chi connectivity index (χ4v) is 3.63. The van der Waals surface area contributed by atoms with Crippen LogP contribution in [0.4, 0.5) is 8.78 Å². The van der Waals surface area contributed by atoms with E-state index < -0.39 is 11.6 Å². The van der Waals surface area contributed by atoms with Gasteiger partial charge >= 0.3 is 0 Å². The molecule has 24 heavy (non-hydrogen) atoms. The molecule has 2 saturated heterocycles. The van der Waals surface area contributed by atoms with E-state index in [0.29, 0.717) is 6.54 Å². The number of hydrogen-bond donors (Lipinski definition) is 2. The highest BCUT2D eigenvalue weighted by Crippen LogP contribution is 2.19. The van der Waals surface area contributed by atoms with Gasteiger partial charge < -0.3 is 10.6 Å². The summed E-state index contributed by atoms with van der Waals surface area (Å²) in [6.07, 6.45) is 3.60. The molecule has 2 aliphatic heterocycles. The zero-order valence-electron chi connectivity index (χ0n) is 13.9. The van der Waals surface area contributed by atoms with E-state index in [0.717, 1.165) is 45.3 Å². The van der Waals surface area contributed by atoms with Gasteiger partial charge in [0.2, 0.25) is 5.91 Å². The fraction of sp³-hybridized carbons (Fsp3) is 0.611. The first-order valence-corrected chi connectivity index (χ1v) is 8.80. The van der Waals surface area contributed by atoms with Crippen molar-refractivity contribution in [1.82, 2.24) is 15.5 Å². The second-order valence-electron chi connectivity index (χ2n) is 6.81. The van der Waals surface area contributed by atoms with Gasteiger partial charge in [0.05, 0.1) is 0 Å². The van der Waals surface area contributed by atoms with Gasteiger partial charge in [0.25, 0.3) is 0 Å². The van der Waals surface area contributed by atoms with Crippen molar-refractivity contribution in [2.75, 3.05) is 26.2 Å². The standard InChI is InChI=1S/C18H25F2N3O/c19-16-4-1-5-17(20)15(16)12-23-10-2-3-14(11-23)22-18(24)13-6-8-21-9-7-13/h1,4-5,13-14,21H,2-3,6-12H2,(H,22,24). The normalized spacial score (nSPS) is 23.2. The highest BCUT2D eigenvalue weighted by molar-refractivity contribution is 5.79. The smallest absolute Gasteiger partial charge is 0.223 e. The lowest BCUT2D eigenvalue weighted by Gasteiger charge is -2.34. The molecule has 0 aliphatic carbocycles. The summed E-state index contributed by atoms with van der Waals surface area (Å²) in [5.41, 5.74) is 0.114. The molecule has 0 spiro atoms. The minimum atomic E-state index is -0.504. The summed E-state index contributed by atoms with van der Waals surface area (Å²) in [5, 5.41) is 6.40. The molecule has 0 saturated carbocycles. The molecule has 1 amide bonds. The second kappa shape index (κ2) is 8.03. The third-order valence-corrected chi connectivity index (χ3v) is 5.01. The Hall–Kier alpha value is -1.53. The SMILES string of the molecule is O=C(NC1CCCN(Cc2c(F)cccc2F)C1)C1CCNCC1. The van der Waals surface area contributed by atoms with E-state index in [4.69, 9.17) is 0 Å². The number of nitrogens with zero attached hydrogens (tertiary/aromatic N) is 1. The van der Waals surface area contributed by atoms with Gasteiger partial charge in [-0.3, -0.25) is 9.69 Å². The lowest BCUT2D eigenvalue weighted by molar-refractivity contribution is -0.126. The summed E-state index contributed by atoms with van der Waals surface area (Å²) in [5.74, 6) is -0.794. The van der Waals surface area contributed by atoms with E-state index in [9.17, 15) is 13.6 Å². The highest BCUT2D eigenvalue weighted by Gasteiger charge is 2.26. The fourth-order valence-electron chi connectivity index (χ4n) is 3.63. The average molecular weight is 337 g/mol. The third kappa shape index (κ3) is 4.30. The highest BCUT2D eigenvalue weighted by atomic mass is 19.1. The first-order valence-electron chi connectivity index (χ1n) is 8.80. The zero-order valence-corrected chi connectivity index (χ0v) is 13.9. The predicted molar refractivity (Wildman–Crippen MR) is 88.4 cm³/mol. The molecule has 3 rings (SSSR count). The lowest BCUT2D eigenvalue weighted by Crippen LogP contribution is -2.50. The van der Waals surface area contributed by atoms with Crippen molar-refractivity contribution in [2.24, 2.45) is 5.92 Å². The van der Waals surface area contributed by atoms with Gasteiger partial charge in [0.1, 0.15) is 11.6 Å². The monoisotopic (exact) mass is 337 g/mol. The van der Waals surface area contributed by atoms with E-state index >= 15 is 0 Å². The van der Waals surface area contributed by atoms with Crippen LogP contribution in [0.15, 0.2) is 18.2 Å². The molecular formula is C18H25F2N3O. The van der Waals surface area contributed by atoms with Crippen LogP contribution in [0.3, 0.4) is 0 Å². The van der Waals surface area contributed by atoms with E-state index in [1.165, 1.54) is 18.2 Å². The molecule has 0 radical (unpaired) electrons. The van der Waals surface area contributed by atoms with Crippen molar-refractivity contribution in [3.05, 3.63) is 35.4 Å². The van der Waals surface area contributed by atoms with Crippen LogP contribution in [-0.2, 0) is 11.3 Å². The van der Waals surface area contributed by atoms with Crippen LogP contribution in [0.25, 0.3) is 0 Å². The number of carbonyl (C=O) groups is 1. The number of nitrogens with one attached hydrogen (secondary N) is 2. The summed E-state index contributed by atoms with van der Waals surface area (Å²) < 4.78 is 27.6. The average Bonchev–Trinajstić information content (AvgIpc) is 2.59. The van der Waals surface area contributed by atoms with Gasteiger partial charge in [0.15, 0.2) is 0 Å². The number of rotatable bonds is 4. The molecule has 1 unspecified atom stereocenters. The summed E-state index contributed by atoms with van der Waals surface area (Å²) in [6.45, 7) is 3.47. The van der Waals surface area contributed by atoms with Crippen LogP contribution in [0.1, 0.15) is 31.2 Å². The maximum Gasteiger partial charge on any atom is 0.223 e. The molecule has 2 aliphatic rings. The molecule has 4 nitrogen and oxygen atoms in total. The summed E-state index contributed by atoms with van der Waals surface area (Å²) >= 11 is 0. The van der Waals surface area contributed by atoms with E-state index in [1.54, 1.807) is 0 Å². The number of carbonyl (C=O) groups excluding carboxylic acids is 1. The van der Waals surface area contributed by atoms with E-state index in [-0.39, 0.29) is 30.0 Å². The van der Waals surface area contributed by atoms with Gasteiger partial charge in [-0.1, -0.05) is 6.07 Å². The summed E-state index contributed by atoms with van der Waals surface area (Å²) in [4.78, 5) is 14.4. The van der Waals surface area contributed by atoms with Crippen LogP contribution in [0.5, 0.6) is 0 Å². The van der Waals surface area contributed by atoms with Crippen molar-refractivity contribution in [3.63, 3.8) is 0 Å². The lowest BCUT2D eigenvalue weighted by atomic mass is 9.96. The van der Waals surface area contributed by atoms with Gasteiger partial charge in [-0.05, 0) is 57.5 Å². The van der Waals surface area contributed by atoms with Crippen LogP contribution < -0.4 is 10.6 Å². The zero-order chi connectivity index (χ0) is 16.9. The minimum absolute atomic E-state index is 0.0657. The van der Waals surface area contributed by atoms with E-state index in [2.05, 4.69) is 10.6 Å². The maximum absolute atomic E-state index is 13.8. The quantitative estimate of drug-likeness (QED) is 0.884.